The molecule has 1 saturated heterocycles. The maximum absolute atomic E-state index is 12.3. The smallest absolute Gasteiger partial charge is 0.260 e. The van der Waals surface area contributed by atoms with Crippen LogP contribution in [0.4, 0.5) is 0 Å². The first-order chi connectivity index (χ1) is 12.6. The predicted molar refractivity (Wildman–Crippen MR) is 101 cm³/mol. The lowest BCUT2D eigenvalue weighted by Gasteiger charge is -2.33. The molecule has 142 valence electrons. The van der Waals surface area contributed by atoms with Crippen LogP contribution in [0.25, 0.3) is 0 Å². The van der Waals surface area contributed by atoms with Crippen molar-refractivity contribution in [1.82, 2.24) is 10.2 Å². The molecule has 1 aromatic rings. The number of hydrogen-bond acceptors (Lipinski definition) is 3. The van der Waals surface area contributed by atoms with Crippen LogP contribution < -0.4 is 10.1 Å². The van der Waals surface area contributed by atoms with Crippen molar-refractivity contribution in [3.8, 4) is 5.75 Å². The van der Waals surface area contributed by atoms with Crippen molar-refractivity contribution in [2.75, 3.05) is 19.7 Å². The van der Waals surface area contributed by atoms with E-state index in [1.165, 1.54) is 19.3 Å². The largest absolute Gasteiger partial charge is 0.484 e. The van der Waals surface area contributed by atoms with E-state index in [2.05, 4.69) is 5.32 Å². The molecule has 1 saturated carbocycles. The summed E-state index contributed by atoms with van der Waals surface area (Å²) in [6.45, 7) is 1.36. The third-order valence-electron chi connectivity index (χ3n) is 5.35. The van der Waals surface area contributed by atoms with Crippen LogP contribution in [0.3, 0.4) is 0 Å². The summed E-state index contributed by atoms with van der Waals surface area (Å²) >= 11 is 5.83. The number of piperidine rings is 1. The minimum Gasteiger partial charge on any atom is -0.484 e. The monoisotopic (exact) mass is 378 g/mol. The first-order valence-electron chi connectivity index (χ1n) is 9.58. The second-order valence-electron chi connectivity index (χ2n) is 7.24. The molecule has 3 rings (SSSR count). The highest BCUT2D eigenvalue weighted by Gasteiger charge is 2.27. The Hall–Kier alpha value is -1.75. The van der Waals surface area contributed by atoms with Gasteiger partial charge in [-0.25, -0.2) is 0 Å². The molecule has 1 aromatic carbocycles. The number of carbonyl (C=O) groups is 2. The quantitative estimate of drug-likeness (QED) is 0.854. The van der Waals surface area contributed by atoms with Gasteiger partial charge in [0.1, 0.15) is 5.75 Å². The molecule has 1 heterocycles. The van der Waals surface area contributed by atoms with Crippen molar-refractivity contribution in [2.24, 2.45) is 5.92 Å². The summed E-state index contributed by atoms with van der Waals surface area (Å²) < 4.78 is 5.53. The topological polar surface area (TPSA) is 58.6 Å². The number of nitrogens with one attached hydrogen (secondary N) is 1. The molecule has 1 N–H and O–H groups in total. The fourth-order valence-electron chi connectivity index (χ4n) is 3.72. The van der Waals surface area contributed by atoms with Crippen LogP contribution in [0.5, 0.6) is 5.75 Å². The lowest BCUT2D eigenvalue weighted by Crippen LogP contribution is -2.48. The zero-order valence-corrected chi connectivity index (χ0v) is 15.8. The third kappa shape index (κ3) is 5.37. The van der Waals surface area contributed by atoms with E-state index in [-0.39, 0.29) is 30.4 Å². The molecule has 0 bridgehead atoms. The van der Waals surface area contributed by atoms with Crippen LogP contribution in [0.15, 0.2) is 24.3 Å². The summed E-state index contributed by atoms with van der Waals surface area (Å²) in [6.07, 6.45) is 7.24. The van der Waals surface area contributed by atoms with Gasteiger partial charge >= 0.3 is 0 Å². The minimum absolute atomic E-state index is 0.0167. The number of nitrogens with zero attached hydrogens (tertiary/aromatic N) is 1. The zero-order valence-electron chi connectivity index (χ0n) is 15.1. The molecule has 2 aliphatic rings. The summed E-state index contributed by atoms with van der Waals surface area (Å²) in [4.78, 5) is 26.5. The molecule has 0 aromatic heterocycles. The molecular formula is C20H27ClN2O3. The van der Waals surface area contributed by atoms with Gasteiger partial charge in [-0.05, 0) is 49.9 Å². The summed E-state index contributed by atoms with van der Waals surface area (Å²) in [6, 6.07) is 7.17. The standard InChI is InChI=1S/C20H27ClN2O3/c21-16-6-8-18(9-7-16)26-14-19(24)23-12-10-17(11-13-23)22-20(25)15-4-2-1-3-5-15/h6-9,15,17H,1-5,10-14H2,(H,22,25). The van der Waals surface area contributed by atoms with Gasteiger partial charge in [-0.1, -0.05) is 30.9 Å². The molecule has 1 aliphatic carbocycles. The molecule has 2 fully saturated rings. The fourth-order valence-corrected chi connectivity index (χ4v) is 3.85. The highest BCUT2D eigenvalue weighted by atomic mass is 35.5. The van der Waals surface area contributed by atoms with Gasteiger partial charge in [-0.2, -0.15) is 0 Å². The highest BCUT2D eigenvalue weighted by molar-refractivity contribution is 6.30. The first kappa shape index (κ1) is 19.0. The number of halogens is 1. The van der Waals surface area contributed by atoms with Gasteiger partial charge in [0.25, 0.3) is 5.91 Å². The number of rotatable bonds is 5. The SMILES string of the molecule is O=C(NC1CCN(C(=O)COc2ccc(Cl)cc2)CC1)C1CCCCC1. The molecule has 26 heavy (non-hydrogen) atoms. The molecule has 6 heteroatoms. The van der Waals surface area contributed by atoms with Crippen LogP contribution in [-0.4, -0.2) is 42.5 Å². The van der Waals surface area contributed by atoms with Crippen molar-refractivity contribution in [3.63, 3.8) is 0 Å². The van der Waals surface area contributed by atoms with Crippen molar-refractivity contribution in [1.29, 1.82) is 0 Å². The number of likely N-dealkylation sites (tertiary alicyclic amines) is 1. The van der Waals surface area contributed by atoms with Crippen molar-refractivity contribution in [3.05, 3.63) is 29.3 Å². The van der Waals surface area contributed by atoms with Crippen molar-refractivity contribution < 1.29 is 14.3 Å². The first-order valence-corrected chi connectivity index (χ1v) is 9.96. The van der Waals surface area contributed by atoms with Crippen molar-refractivity contribution in [2.45, 2.75) is 51.0 Å². The summed E-state index contributed by atoms with van der Waals surface area (Å²) in [5, 5.41) is 3.83. The summed E-state index contributed by atoms with van der Waals surface area (Å²) in [5.41, 5.74) is 0. The molecule has 1 aliphatic heterocycles. The van der Waals surface area contributed by atoms with E-state index in [1.54, 1.807) is 24.3 Å². The average molecular weight is 379 g/mol. The lowest BCUT2D eigenvalue weighted by molar-refractivity contribution is -0.134. The Bertz CT molecular complexity index is 606. The maximum Gasteiger partial charge on any atom is 0.260 e. The number of hydrogen-bond donors (Lipinski definition) is 1. The zero-order chi connectivity index (χ0) is 18.4. The van der Waals surface area contributed by atoms with Gasteiger partial charge in [0.05, 0.1) is 0 Å². The van der Waals surface area contributed by atoms with E-state index in [9.17, 15) is 9.59 Å². The predicted octanol–water partition coefficient (Wildman–Crippen LogP) is 3.41. The summed E-state index contributed by atoms with van der Waals surface area (Å²) in [5.74, 6) is 1.02. The summed E-state index contributed by atoms with van der Waals surface area (Å²) in [7, 11) is 0. The highest BCUT2D eigenvalue weighted by Crippen LogP contribution is 2.24. The van der Waals surface area contributed by atoms with Gasteiger partial charge in [0.15, 0.2) is 6.61 Å². The Morgan fingerprint density at radius 1 is 1.04 bits per heavy atom. The number of amides is 2. The molecule has 2 amide bonds. The van der Waals surface area contributed by atoms with E-state index in [1.807, 2.05) is 4.90 Å². The molecule has 0 unspecified atom stereocenters. The van der Waals surface area contributed by atoms with E-state index in [0.29, 0.717) is 23.9 Å². The Kier molecular flexibility index (Phi) is 6.78. The van der Waals surface area contributed by atoms with Gasteiger partial charge in [0.2, 0.25) is 5.91 Å². The van der Waals surface area contributed by atoms with E-state index >= 15 is 0 Å². The Balaban J connectivity index is 1.38. The fraction of sp³-hybridized carbons (Fsp3) is 0.600. The van der Waals surface area contributed by atoms with Crippen LogP contribution in [0.1, 0.15) is 44.9 Å². The Morgan fingerprint density at radius 3 is 2.35 bits per heavy atom. The normalized spacial score (nSPS) is 19.2. The van der Waals surface area contributed by atoms with Crippen LogP contribution in [0.2, 0.25) is 5.02 Å². The lowest BCUT2D eigenvalue weighted by atomic mass is 9.88. The number of benzene rings is 1. The Labute approximate surface area is 160 Å². The van der Waals surface area contributed by atoms with Crippen LogP contribution in [0, 0.1) is 5.92 Å². The molecule has 0 atom stereocenters. The van der Waals surface area contributed by atoms with Crippen LogP contribution in [-0.2, 0) is 9.59 Å². The van der Waals surface area contributed by atoms with E-state index < -0.39 is 0 Å². The van der Waals surface area contributed by atoms with Gasteiger partial charge in [-0.3, -0.25) is 9.59 Å². The molecular weight excluding hydrogens is 352 g/mol. The van der Waals surface area contributed by atoms with Crippen molar-refractivity contribution >= 4 is 23.4 Å². The van der Waals surface area contributed by atoms with Crippen LogP contribution >= 0.6 is 11.6 Å². The molecule has 0 radical (unpaired) electrons. The third-order valence-corrected chi connectivity index (χ3v) is 5.60. The average Bonchev–Trinajstić information content (AvgIpc) is 2.68. The second kappa shape index (κ2) is 9.26. The maximum atomic E-state index is 12.3. The van der Waals surface area contributed by atoms with E-state index in [0.717, 1.165) is 25.7 Å². The van der Waals surface area contributed by atoms with E-state index in [4.69, 9.17) is 16.3 Å². The Morgan fingerprint density at radius 2 is 1.69 bits per heavy atom. The van der Waals surface area contributed by atoms with Gasteiger partial charge < -0.3 is 15.0 Å². The number of ether oxygens (including phenoxy) is 1. The second-order valence-corrected chi connectivity index (χ2v) is 7.68. The molecule has 0 spiro atoms. The minimum atomic E-state index is -0.0167. The molecule has 5 nitrogen and oxygen atoms in total. The van der Waals surface area contributed by atoms with Gasteiger partial charge in [-0.15, -0.1) is 0 Å². The number of carbonyl (C=O) groups excluding carboxylic acids is 2. The van der Waals surface area contributed by atoms with Gasteiger partial charge in [0, 0.05) is 30.1 Å².